The molecule has 1 amide bonds. The van der Waals surface area contributed by atoms with Gasteiger partial charge in [0, 0.05) is 25.0 Å². The minimum atomic E-state index is -0.182. The highest BCUT2D eigenvalue weighted by Crippen LogP contribution is 2.16. The molecule has 0 fully saturated rings. The third-order valence-electron chi connectivity index (χ3n) is 4.37. The number of hydrogen-bond acceptors (Lipinski definition) is 4. The Morgan fingerprint density at radius 1 is 1.07 bits per heavy atom. The van der Waals surface area contributed by atoms with Crippen molar-refractivity contribution in [3.8, 4) is 5.75 Å². The van der Waals surface area contributed by atoms with Gasteiger partial charge in [-0.25, -0.2) is 4.68 Å². The Balaban J connectivity index is 1.45. The summed E-state index contributed by atoms with van der Waals surface area (Å²) < 4.78 is 9.34. The first kappa shape index (κ1) is 19.7. The minimum absolute atomic E-state index is 0.182. The van der Waals surface area contributed by atoms with E-state index in [1.165, 1.54) is 0 Å². The molecule has 0 aliphatic rings. The minimum Gasteiger partial charge on any atom is -0.471 e. The molecule has 0 aliphatic carbocycles. The highest BCUT2D eigenvalue weighted by atomic mass is 16.5. The lowest BCUT2D eigenvalue weighted by atomic mass is 10.1. The average molecular weight is 381 g/mol. The Kier molecular flexibility index (Phi) is 6.13. The van der Waals surface area contributed by atoms with Crippen LogP contribution >= 0.6 is 0 Å². The molecule has 28 heavy (non-hydrogen) atoms. The molecule has 1 aromatic carbocycles. The highest BCUT2D eigenvalue weighted by Gasteiger charge is 2.09. The van der Waals surface area contributed by atoms with Crippen LogP contribution in [-0.4, -0.2) is 32.0 Å². The summed E-state index contributed by atoms with van der Waals surface area (Å²) >= 11 is 0. The third kappa shape index (κ3) is 5.22. The van der Waals surface area contributed by atoms with Gasteiger partial charge in [0.1, 0.15) is 11.4 Å². The average Bonchev–Trinajstić information content (AvgIpc) is 3.22. The highest BCUT2D eigenvalue weighted by molar-refractivity contribution is 5.92. The lowest BCUT2D eigenvalue weighted by Crippen LogP contribution is -2.26. The van der Waals surface area contributed by atoms with Crippen molar-refractivity contribution >= 4 is 5.91 Å². The van der Waals surface area contributed by atoms with Gasteiger partial charge in [-0.2, -0.15) is 10.2 Å². The predicted molar refractivity (Wildman–Crippen MR) is 107 cm³/mol. The fourth-order valence-corrected chi connectivity index (χ4v) is 3.13. The van der Waals surface area contributed by atoms with Crippen LogP contribution in [0.2, 0.25) is 0 Å². The van der Waals surface area contributed by atoms with Crippen LogP contribution in [0, 0.1) is 27.7 Å². The summed E-state index contributed by atoms with van der Waals surface area (Å²) in [5.41, 5.74) is 4.82. The number of benzene rings is 1. The van der Waals surface area contributed by atoms with Gasteiger partial charge in [-0.3, -0.25) is 9.48 Å². The van der Waals surface area contributed by atoms with Crippen molar-refractivity contribution in [1.29, 1.82) is 0 Å². The number of ether oxygens (including phenoxy) is 1. The number of carbonyl (C=O) groups excluding carboxylic acids is 1. The Labute approximate surface area is 165 Å². The molecule has 0 atom stereocenters. The molecule has 1 N–H and O–H groups in total. The van der Waals surface area contributed by atoms with Crippen LogP contribution in [0.5, 0.6) is 5.75 Å². The summed E-state index contributed by atoms with van der Waals surface area (Å²) in [5.74, 6) is 0.613. The lowest BCUT2D eigenvalue weighted by molar-refractivity contribution is 0.0945. The summed E-state index contributed by atoms with van der Waals surface area (Å²) in [6.07, 6.45) is 2.55. The van der Waals surface area contributed by atoms with E-state index in [0.29, 0.717) is 12.2 Å². The fraction of sp³-hybridized carbons (Fsp3) is 0.381. The second kappa shape index (κ2) is 8.73. The molecule has 7 nitrogen and oxygen atoms in total. The van der Waals surface area contributed by atoms with Crippen LogP contribution in [-0.2, 0) is 13.3 Å². The molecule has 148 valence electrons. The summed E-state index contributed by atoms with van der Waals surface area (Å²) in [4.78, 5) is 12.3. The van der Waals surface area contributed by atoms with Crippen molar-refractivity contribution < 1.29 is 9.53 Å². The van der Waals surface area contributed by atoms with Crippen molar-refractivity contribution in [2.75, 3.05) is 6.54 Å². The van der Waals surface area contributed by atoms with E-state index in [1.54, 1.807) is 16.9 Å². The van der Waals surface area contributed by atoms with E-state index in [9.17, 15) is 4.79 Å². The predicted octanol–water partition coefficient (Wildman–Crippen LogP) is 3.17. The number of carbonyl (C=O) groups is 1. The molecule has 0 saturated heterocycles. The second-order valence-corrected chi connectivity index (χ2v) is 7.10. The van der Waals surface area contributed by atoms with Gasteiger partial charge >= 0.3 is 0 Å². The Hall–Kier alpha value is -3.09. The Bertz CT molecular complexity index is 937. The standard InChI is InChI=1S/C21H27N5O2/c1-15-10-16(2)12-19(11-15)28-14-25-9-6-20(24-25)21(27)22-7-5-8-26-18(4)13-17(3)23-26/h6,9-13H,5,7-8,14H2,1-4H3,(H,22,27). The number of amides is 1. The topological polar surface area (TPSA) is 74.0 Å². The number of aryl methyl sites for hydroxylation is 5. The molecule has 0 unspecified atom stereocenters. The van der Waals surface area contributed by atoms with Crippen molar-refractivity contribution in [1.82, 2.24) is 24.9 Å². The van der Waals surface area contributed by atoms with Crippen molar-refractivity contribution in [3.05, 3.63) is 64.7 Å². The number of hydrogen-bond donors (Lipinski definition) is 1. The Morgan fingerprint density at radius 2 is 1.82 bits per heavy atom. The summed E-state index contributed by atoms with van der Waals surface area (Å²) in [7, 11) is 0. The molecule has 0 aliphatic heterocycles. The molecule has 3 rings (SSSR count). The van der Waals surface area contributed by atoms with Crippen LogP contribution in [0.3, 0.4) is 0 Å². The first-order valence-electron chi connectivity index (χ1n) is 9.44. The monoisotopic (exact) mass is 381 g/mol. The van der Waals surface area contributed by atoms with E-state index >= 15 is 0 Å². The zero-order valence-corrected chi connectivity index (χ0v) is 16.9. The van der Waals surface area contributed by atoms with Crippen LogP contribution in [0.15, 0.2) is 36.5 Å². The van der Waals surface area contributed by atoms with Gasteiger partial charge in [0.05, 0.1) is 5.69 Å². The van der Waals surface area contributed by atoms with Crippen LogP contribution in [0.1, 0.15) is 39.4 Å². The number of rotatable bonds is 8. The molecular formula is C21H27N5O2. The quantitative estimate of drug-likeness (QED) is 0.608. The first-order chi connectivity index (χ1) is 13.4. The van der Waals surface area contributed by atoms with E-state index in [4.69, 9.17) is 4.74 Å². The maximum absolute atomic E-state index is 12.3. The van der Waals surface area contributed by atoms with Crippen molar-refractivity contribution in [3.63, 3.8) is 0 Å². The van der Waals surface area contributed by atoms with Gasteiger partial charge < -0.3 is 10.1 Å². The van der Waals surface area contributed by atoms with E-state index < -0.39 is 0 Å². The van der Waals surface area contributed by atoms with Crippen LogP contribution in [0.25, 0.3) is 0 Å². The van der Waals surface area contributed by atoms with Gasteiger partial charge in [-0.15, -0.1) is 0 Å². The largest absolute Gasteiger partial charge is 0.471 e. The third-order valence-corrected chi connectivity index (χ3v) is 4.37. The molecule has 0 saturated carbocycles. The van der Waals surface area contributed by atoms with Gasteiger partial charge in [0.15, 0.2) is 6.73 Å². The maximum Gasteiger partial charge on any atom is 0.271 e. The Morgan fingerprint density at radius 3 is 2.50 bits per heavy atom. The van der Waals surface area contributed by atoms with Gasteiger partial charge in [-0.05, 0) is 69.5 Å². The van der Waals surface area contributed by atoms with E-state index in [1.807, 2.05) is 50.6 Å². The first-order valence-corrected chi connectivity index (χ1v) is 9.44. The van der Waals surface area contributed by atoms with Gasteiger partial charge in [0.25, 0.3) is 5.91 Å². The molecule has 3 aromatic rings. The molecule has 0 radical (unpaired) electrons. The van der Waals surface area contributed by atoms with Crippen LogP contribution in [0.4, 0.5) is 0 Å². The SMILES string of the molecule is Cc1cc(C)cc(OCn2ccc(C(=O)NCCCn3nc(C)cc3C)n2)c1. The summed E-state index contributed by atoms with van der Waals surface area (Å²) in [6, 6.07) is 9.80. The molecule has 0 bridgehead atoms. The number of nitrogens with one attached hydrogen (secondary N) is 1. The molecule has 0 spiro atoms. The van der Waals surface area contributed by atoms with E-state index in [-0.39, 0.29) is 12.6 Å². The zero-order chi connectivity index (χ0) is 20.1. The number of nitrogens with zero attached hydrogens (tertiary/aromatic N) is 4. The van der Waals surface area contributed by atoms with Crippen LogP contribution < -0.4 is 10.1 Å². The molecule has 2 aromatic heterocycles. The van der Waals surface area contributed by atoms with E-state index in [0.717, 1.165) is 41.2 Å². The smallest absolute Gasteiger partial charge is 0.271 e. The van der Waals surface area contributed by atoms with Gasteiger partial charge in [0.2, 0.25) is 0 Å². The fourth-order valence-electron chi connectivity index (χ4n) is 3.13. The van der Waals surface area contributed by atoms with Gasteiger partial charge in [-0.1, -0.05) is 6.07 Å². The summed E-state index contributed by atoms with van der Waals surface area (Å²) in [5, 5.41) is 11.6. The number of aromatic nitrogens is 4. The summed E-state index contributed by atoms with van der Waals surface area (Å²) in [6.45, 7) is 9.68. The molecule has 7 heteroatoms. The molecule has 2 heterocycles. The molecular weight excluding hydrogens is 354 g/mol. The van der Waals surface area contributed by atoms with Crippen molar-refractivity contribution in [2.45, 2.75) is 47.4 Å². The second-order valence-electron chi connectivity index (χ2n) is 7.10. The lowest BCUT2D eigenvalue weighted by Gasteiger charge is -2.08. The maximum atomic E-state index is 12.3. The zero-order valence-electron chi connectivity index (χ0n) is 16.9. The van der Waals surface area contributed by atoms with E-state index in [2.05, 4.69) is 21.6 Å². The normalized spacial score (nSPS) is 10.9. The van der Waals surface area contributed by atoms with Crippen molar-refractivity contribution in [2.24, 2.45) is 0 Å².